The van der Waals surface area contributed by atoms with E-state index in [0.717, 1.165) is 15.2 Å². The first-order valence-electron chi connectivity index (χ1n) is 6.08. The summed E-state index contributed by atoms with van der Waals surface area (Å²) < 4.78 is 0.998. The molecule has 0 radical (unpaired) electrons. The van der Waals surface area contributed by atoms with E-state index < -0.39 is 0 Å². The highest BCUT2D eigenvalue weighted by Crippen LogP contribution is 2.22. The standard InChI is InChI=1S/C15H16BrNOS/c1-11-5-3-4-6-12(11)9-17(2)10-13(18)14-7-8-15(16)19-14/h3-8H,9-10H2,1-2H3. The molecule has 0 aliphatic rings. The van der Waals surface area contributed by atoms with Crippen molar-refractivity contribution in [3.63, 3.8) is 0 Å². The molecular formula is C15H16BrNOS. The number of hydrogen-bond acceptors (Lipinski definition) is 3. The number of halogens is 1. The molecule has 2 aromatic rings. The van der Waals surface area contributed by atoms with Crippen molar-refractivity contribution in [2.24, 2.45) is 0 Å². The molecule has 0 fully saturated rings. The lowest BCUT2D eigenvalue weighted by Crippen LogP contribution is -2.25. The van der Waals surface area contributed by atoms with Crippen LogP contribution in [-0.2, 0) is 6.54 Å². The number of aryl methyl sites for hydroxylation is 1. The number of carbonyl (C=O) groups excluding carboxylic acids is 1. The molecule has 0 unspecified atom stereocenters. The molecule has 2 nitrogen and oxygen atoms in total. The first kappa shape index (κ1) is 14.4. The van der Waals surface area contributed by atoms with E-state index in [1.54, 1.807) is 0 Å². The van der Waals surface area contributed by atoms with Crippen molar-refractivity contribution in [1.29, 1.82) is 0 Å². The van der Waals surface area contributed by atoms with Gasteiger partial charge in [0, 0.05) is 6.54 Å². The molecule has 0 N–H and O–H groups in total. The predicted molar refractivity (Wildman–Crippen MR) is 83.9 cm³/mol. The van der Waals surface area contributed by atoms with Crippen LogP contribution in [0.4, 0.5) is 0 Å². The Bertz CT molecular complexity index is 579. The summed E-state index contributed by atoms with van der Waals surface area (Å²) >= 11 is 4.87. The Morgan fingerprint density at radius 1 is 1.26 bits per heavy atom. The van der Waals surface area contributed by atoms with Crippen molar-refractivity contribution in [2.45, 2.75) is 13.5 Å². The second-order valence-electron chi connectivity index (χ2n) is 4.63. The maximum Gasteiger partial charge on any atom is 0.186 e. The van der Waals surface area contributed by atoms with E-state index in [4.69, 9.17) is 0 Å². The number of thiophene rings is 1. The van der Waals surface area contributed by atoms with Gasteiger partial charge in [-0.1, -0.05) is 24.3 Å². The van der Waals surface area contributed by atoms with Crippen LogP contribution in [0.2, 0.25) is 0 Å². The summed E-state index contributed by atoms with van der Waals surface area (Å²) in [7, 11) is 1.98. The van der Waals surface area contributed by atoms with Gasteiger partial charge >= 0.3 is 0 Å². The fourth-order valence-corrected chi connectivity index (χ4v) is 3.24. The molecule has 2 rings (SSSR count). The lowest BCUT2D eigenvalue weighted by atomic mass is 10.1. The molecule has 100 valence electrons. The van der Waals surface area contributed by atoms with E-state index >= 15 is 0 Å². The fourth-order valence-electron chi connectivity index (χ4n) is 1.92. The molecule has 19 heavy (non-hydrogen) atoms. The van der Waals surface area contributed by atoms with Crippen molar-refractivity contribution in [1.82, 2.24) is 4.90 Å². The van der Waals surface area contributed by atoms with Gasteiger partial charge < -0.3 is 0 Å². The zero-order valence-electron chi connectivity index (χ0n) is 11.0. The quantitative estimate of drug-likeness (QED) is 0.764. The zero-order chi connectivity index (χ0) is 13.8. The minimum absolute atomic E-state index is 0.173. The molecule has 0 bridgehead atoms. The van der Waals surface area contributed by atoms with E-state index in [0.29, 0.717) is 6.54 Å². The molecule has 1 aromatic carbocycles. The first-order chi connectivity index (χ1) is 9.06. The molecule has 0 saturated heterocycles. The minimum Gasteiger partial charge on any atom is -0.295 e. The molecule has 4 heteroatoms. The van der Waals surface area contributed by atoms with Gasteiger partial charge in [0.25, 0.3) is 0 Å². The number of carbonyl (C=O) groups is 1. The second-order valence-corrected chi connectivity index (χ2v) is 7.09. The summed E-state index contributed by atoms with van der Waals surface area (Å²) in [6, 6.07) is 12.1. The van der Waals surface area contributed by atoms with Crippen LogP contribution in [0, 0.1) is 6.92 Å². The van der Waals surface area contributed by atoms with Crippen molar-refractivity contribution < 1.29 is 4.79 Å². The average Bonchev–Trinajstić information content (AvgIpc) is 2.79. The summed E-state index contributed by atoms with van der Waals surface area (Å²) in [5.74, 6) is 0.173. The number of hydrogen-bond donors (Lipinski definition) is 0. The Hall–Kier alpha value is -0.970. The molecule has 0 saturated carbocycles. The van der Waals surface area contributed by atoms with Crippen LogP contribution in [0.5, 0.6) is 0 Å². The van der Waals surface area contributed by atoms with E-state index in [2.05, 4.69) is 39.9 Å². The maximum atomic E-state index is 12.1. The van der Waals surface area contributed by atoms with Gasteiger partial charge in [-0.3, -0.25) is 9.69 Å². The Kier molecular flexibility index (Phi) is 4.91. The van der Waals surface area contributed by atoms with Gasteiger partial charge in [0.05, 0.1) is 15.2 Å². The molecule has 0 spiro atoms. The van der Waals surface area contributed by atoms with E-state index in [1.165, 1.54) is 22.5 Å². The zero-order valence-corrected chi connectivity index (χ0v) is 13.4. The van der Waals surface area contributed by atoms with Crippen LogP contribution >= 0.6 is 27.3 Å². The fraction of sp³-hybridized carbons (Fsp3) is 0.267. The van der Waals surface area contributed by atoms with Crippen LogP contribution < -0.4 is 0 Å². The Morgan fingerprint density at radius 2 is 2.00 bits per heavy atom. The van der Waals surface area contributed by atoms with E-state index in [1.807, 2.05) is 31.3 Å². The second kappa shape index (κ2) is 6.46. The van der Waals surface area contributed by atoms with Crippen molar-refractivity contribution in [3.8, 4) is 0 Å². The van der Waals surface area contributed by atoms with E-state index in [9.17, 15) is 4.79 Å². The third-order valence-electron chi connectivity index (χ3n) is 2.96. The maximum absolute atomic E-state index is 12.1. The van der Waals surface area contributed by atoms with Gasteiger partial charge in [-0.05, 0) is 53.2 Å². The minimum atomic E-state index is 0.173. The summed E-state index contributed by atoms with van der Waals surface area (Å²) in [5.41, 5.74) is 2.53. The van der Waals surface area contributed by atoms with Gasteiger partial charge in [-0.25, -0.2) is 0 Å². The monoisotopic (exact) mass is 337 g/mol. The molecule has 0 amide bonds. The van der Waals surface area contributed by atoms with Crippen LogP contribution in [0.15, 0.2) is 40.2 Å². The van der Waals surface area contributed by atoms with E-state index in [-0.39, 0.29) is 5.78 Å². The Balaban J connectivity index is 1.96. The third kappa shape index (κ3) is 4.00. The van der Waals surface area contributed by atoms with Crippen molar-refractivity contribution >= 4 is 33.0 Å². The predicted octanol–water partition coefficient (Wildman–Crippen LogP) is 4.13. The molecule has 0 aliphatic heterocycles. The van der Waals surface area contributed by atoms with Gasteiger partial charge in [-0.15, -0.1) is 11.3 Å². The van der Waals surface area contributed by atoms with Crippen molar-refractivity contribution in [2.75, 3.05) is 13.6 Å². The number of rotatable bonds is 5. The lowest BCUT2D eigenvalue weighted by molar-refractivity contribution is 0.0947. The largest absolute Gasteiger partial charge is 0.295 e. The van der Waals surface area contributed by atoms with Crippen LogP contribution in [0.25, 0.3) is 0 Å². The number of Topliss-reactive ketones (excluding diaryl/α,β-unsaturated/α-hetero) is 1. The van der Waals surface area contributed by atoms with Crippen molar-refractivity contribution in [3.05, 3.63) is 56.2 Å². The van der Waals surface area contributed by atoms with Crippen LogP contribution in [0.1, 0.15) is 20.8 Å². The number of benzene rings is 1. The van der Waals surface area contributed by atoms with Gasteiger partial charge in [-0.2, -0.15) is 0 Å². The summed E-state index contributed by atoms with van der Waals surface area (Å²) in [6.07, 6.45) is 0. The summed E-state index contributed by atoms with van der Waals surface area (Å²) in [5, 5.41) is 0. The van der Waals surface area contributed by atoms with Gasteiger partial charge in [0.2, 0.25) is 0 Å². The average molecular weight is 338 g/mol. The Labute approximate surface area is 126 Å². The first-order valence-corrected chi connectivity index (χ1v) is 7.69. The SMILES string of the molecule is Cc1ccccc1CN(C)CC(=O)c1ccc(Br)s1. The van der Waals surface area contributed by atoms with Crippen LogP contribution in [0.3, 0.4) is 0 Å². The van der Waals surface area contributed by atoms with Crippen LogP contribution in [-0.4, -0.2) is 24.3 Å². The Morgan fingerprint density at radius 3 is 2.63 bits per heavy atom. The third-order valence-corrected chi connectivity index (χ3v) is 4.63. The topological polar surface area (TPSA) is 20.3 Å². The molecule has 1 heterocycles. The van der Waals surface area contributed by atoms with Gasteiger partial charge in [0.15, 0.2) is 5.78 Å². The number of ketones is 1. The lowest BCUT2D eigenvalue weighted by Gasteiger charge is -2.16. The smallest absolute Gasteiger partial charge is 0.186 e. The summed E-state index contributed by atoms with van der Waals surface area (Å²) in [6.45, 7) is 3.34. The highest BCUT2D eigenvalue weighted by atomic mass is 79.9. The molecule has 0 atom stereocenters. The number of nitrogens with zero attached hydrogens (tertiary/aromatic N) is 1. The normalized spacial score (nSPS) is 10.9. The summed E-state index contributed by atoms with van der Waals surface area (Å²) in [4.78, 5) is 15.0. The molecular weight excluding hydrogens is 322 g/mol. The number of likely N-dealkylation sites (N-methyl/N-ethyl adjacent to an activating group) is 1. The molecule has 1 aromatic heterocycles. The highest BCUT2D eigenvalue weighted by Gasteiger charge is 2.12. The van der Waals surface area contributed by atoms with Gasteiger partial charge in [0.1, 0.15) is 0 Å². The highest BCUT2D eigenvalue weighted by molar-refractivity contribution is 9.11. The molecule has 0 aliphatic carbocycles.